The van der Waals surface area contributed by atoms with Gasteiger partial charge in [-0.2, -0.15) is 0 Å². The van der Waals surface area contributed by atoms with E-state index in [-0.39, 0.29) is 42.1 Å². The number of rotatable bonds is 12. The molecule has 0 fully saturated rings. The average molecular weight is 1440 g/mol. The summed E-state index contributed by atoms with van der Waals surface area (Å²) >= 11 is 0. The van der Waals surface area contributed by atoms with Gasteiger partial charge in [0.1, 0.15) is 42.4 Å². The molecule has 0 N–H and O–H groups in total. The first-order valence-corrected chi connectivity index (χ1v) is 27.1. The summed E-state index contributed by atoms with van der Waals surface area (Å²) in [5.41, 5.74) is 0. The van der Waals surface area contributed by atoms with Crippen molar-refractivity contribution in [1.82, 2.24) is 8.88 Å². The molecule has 8 aromatic rings. The van der Waals surface area contributed by atoms with Crippen LogP contribution < -0.4 is 42.4 Å². The van der Waals surface area contributed by atoms with Crippen LogP contribution in [0.3, 0.4) is 0 Å². The Kier molecular flexibility index (Phi) is 33.1. The van der Waals surface area contributed by atoms with Crippen molar-refractivity contribution >= 4 is 74.7 Å². The average Bonchev–Trinajstić information content (AvgIpc) is 3.37. The Hall–Kier alpha value is -6.42. The third-order valence-electron chi connectivity index (χ3n) is 9.72. The van der Waals surface area contributed by atoms with Gasteiger partial charge in [0.25, 0.3) is 0 Å². The van der Waals surface area contributed by atoms with Gasteiger partial charge >= 0.3 is 42.1 Å². The van der Waals surface area contributed by atoms with Crippen molar-refractivity contribution in [3.8, 4) is 0 Å². The second-order valence-electron chi connectivity index (χ2n) is 14.3. The minimum atomic E-state index is -1.75. The molecule has 0 spiro atoms. The topological polar surface area (TPSA) is 271 Å². The van der Waals surface area contributed by atoms with Crippen LogP contribution in [0.5, 0.6) is 0 Å². The molecule has 0 aliphatic carbocycles. The maximum absolute atomic E-state index is 8.25. The van der Waals surface area contributed by atoms with E-state index in [1.807, 2.05) is 0 Å². The van der Waals surface area contributed by atoms with Crippen LogP contribution in [-0.2, 0) is 42.1 Å². The van der Waals surface area contributed by atoms with E-state index >= 15 is 0 Å². The number of nitrogens with zero attached hydrogens (tertiary/aromatic N) is 6. The molecular weight excluding hydrogens is 1390 g/mol. The van der Waals surface area contributed by atoms with E-state index in [1.54, 1.807) is 0 Å². The fourth-order valence-corrected chi connectivity index (χ4v) is 20.6. The van der Waals surface area contributed by atoms with Gasteiger partial charge in [0.05, 0.1) is 34.4 Å². The first-order chi connectivity index (χ1) is 34.6. The molecule has 18 nitrogen and oxygen atoms in total. The molecule has 0 bridgehead atoms. The van der Waals surface area contributed by atoms with Crippen molar-refractivity contribution in [3.05, 3.63) is 304 Å². The Morgan fingerprint density at radius 1 is 0.243 bits per heavy atom. The van der Waals surface area contributed by atoms with Crippen LogP contribution >= 0.6 is 32.3 Å². The van der Waals surface area contributed by atoms with Crippen molar-refractivity contribution in [2.75, 3.05) is 14.1 Å². The molecule has 74 heavy (non-hydrogen) atoms. The molecule has 0 atom stereocenters. The van der Waals surface area contributed by atoms with Gasteiger partial charge in [0, 0.05) is 0 Å². The number of benzene rings is 8. The number of hydrogen-bond donors (Lipinski definition) is 0. The first-order valence-electron chi connectivity index (χ1n) is 21.3. The Morgan fingerprint density at radius 2 is 0.324 bits per heavy atom. The summed E-state index contributed by atoms with van der Waals surface area (Å²) in [6.45, 7) is 0. The molecule has 8 aromatic carbocycles. The molecule has 8 rings (SSSR count). The predicted octanol–water partition coefficient (Wildman–Crippen LogP) is 8.00. The van der Waals surface area contributed by atoms with Crippen molar-refractivity contribution in [2.45, 2.75) is 0 Å². The molecule has 0 amide bonds. The minimum Gasteiger partial charge on any atom is -0.356 e. The molecule has 0 saturated heterocycles. The molecule has 0 aliphatic heterocycles. The summed E-state index contributed by atoms with van der Waals surface area (Å²) < 4.78 is 5.37. The summed E-state index contributed by atoms with van der Waals surface area (Å²) in [4.78, 5) is 33.0. The van der Waals surface area contributed by atoms with Gasteiger partial charge in [-0.15, -0.1) is 0 Å². The third kappa shape index (κ3) is 24.5. The molecule has 0 heterocycles. The quantitative estimate of drug-likeness (QED) is 0.0637. The molecule has 0 aromatic heterocycles. The van der Waals surface area contributed by atoms with E-state index in [0.29, 0.717) is 0 Å². The third-order valence-corrected chi connectivity index (χ3v) is 22.1. The van der Waals surface area contributed by atoms with Gasteiger partial charge in [-0.1, -0.05) is 154 Å². The van der Waals surface area contributed by atoms with Gasteiger partial charge in [-0.3, -0.25) is 0 Å². The maximum Gasteiger partial charge on any atom is 2.00 e. The number of hydrogen-bond acceptors (Lipinski definition) is 14. The summed E-state index contributed by atoms with van der Waals surface area (Å²) in [5.74, 6) is 0. The Bertz CT molecular complexity index is 2220. The van der Waals surface area contributed by atoms with E-state index in [0.717, 1.165) is 0 Å². The largest absolute Gasteiger partial charge is 2.00 e. The van der Waals surface area contributed by atoms with Gasteiger partial charge in [-0.25, -0.2) is 0 Å². The molecule has 0 saturated carbocycles. The fourth-order valence-electron chi connectivity index (χ4n) is 7.21. The van der Waals surface area contributed by atoms with E-state index < -0.39 is 52.6 Å². The van der Waals surface area contributed by atoms with Crippen LogP contribution in [0, 0.1) is 61.3 Å². The standard InChI is InChI=1S/2C25H23NP2.4NO3.2Pt/c2*1-26(27(22-14-6-2-7-15-22)23-16-8-3-9-17-23)28(24-18-10-4-11-19-24)25-20-12-5-13-21-25;4*2-1(3)4;;/h2*2-21H,1H3;;;;;;/q;;4*-1;2*+2/p+4. The summed E-state index contributed by atoms with van der Waals surface area (Å²) in [6.07, 6.45) is 0. The van der Waals surface area contributed by atoms with Crippen molar-refractivity contribution in [3.63, 3.8) is 0 Å². The van der Waals surface area contributed by atoms with Crippen molar-refractivity contribution in [2.24, 2.45) is 0 Å². The van der Waals surface area contributed by atoms with Crippen LogP contribution in [0.1, 0.15) is 0 Å². The van der Waals surface area contributed by atoms with E-state index in [9.17, 15) is 0 Å². The normalized spacial score (nSPS) is 9.84. The van der Waals surface area contributed by atoms with Gasteiger partial charge in [0.15, 0.2) is 32.3 Å². The monoisotopic (exact) mass is 1440 g/mol. The SMILES string of the molecule is CN([PH+](c1ccccc1)c1ccccc1)[PH+](c1ccccc1)c1ccccc1.CN([PH+](c1ccccc1)c1ccccc1)[PH+](c1ccccc1)c1ccccc1.O=[N+]([O-])[O-].O=[N+]([O-])[O-].O=[N+]([O-])[O-].O=[N+]([O-])[O-].[Pt+2].[Pt+2]. The summed E-state index contributed by atoms with van der Waals surface area (Å²) in [5, 5.41) is 70.4. The molecule has 0 aliphatic rings. The van der Waals surface area contributed by atoms with E-state index in [1.165, 1.54) is 42.4 Å². The van der Waals surface area contributed by atoms with Crippen LogP contribution in [0.25, 0.3) is 0 Å². The summed E-state index contributed by atoms with van der Waals surface area (Å²) in [7, 11) is 0.277. The van der Waals surface area contributed by atoms with Gasteiger partial charge in [0.2, 0.25) is 0 Å². The zero-order chi connectivity index (χ0) is 52.7. The molecule has 0 radical (unpaired) electrons. The summed E-state index contributed by atoms with van der Waals surface area (Å²) in [6, 6.07) is 88.0. The Labute approximate surface area is 461 Å². The second-order valence-corrected chi connectivity index (χ2v) is 25.3. The van der Waals surface area contributed by atoms with Crippen LogP contribution in [0.2, 0.25) is 0 Å². The van der Waals surface area contributed by atoms with Gasteiger partial charge < -0.3 is 61.3 Å². The van der Waals surface area contributed by atoms with Crippen LogP contribution in [0.15, 0.2) is 243 Å². The Morgan fingerprint density at radius 3 is 0.405 bits per heavy atom. The van der Waals surface area contributed by atoms with Gasteiger partial charge in [-0.05, 0) is 97.1 Å². The second kappa shape index (κ2) is 37.3. The molecule has 24 heteroatoms. The Balaban J connectivity index is 0.000000562. The van der Waals surface area contributed by atoms with E-state index in [2.05, 4.69) is 266 Å². The molecular formula is C50H50N6O12P4Pt2+4. The van der Waals surface area contributed by atoms with E-state index in [4.69, 9.17) is 61.3 Å². The molecule has 388 valence electrons. The smallest absolute Gasteiger partial charge is 0.356 e. The predicted molar refractivity (Wildman–Crippen MR) is 299 cm³/mol. The zero-order valence-corrected chi connectivity index (χ0v) is 47.9. The fraction of sp³-hybridized carbons (Fsp3) is 0.0400. The van der Waals surface area contributed by atoms with Crippen molar-refractivity contribution < 1.29 is 62.5 Å². The first kappa shape index (κ1) is 65.6. The van der Waals surface area contributed by atoms with Crippen LogP contribution in [0.4, 0.5) is 0 Å². The minimum absolute atomic E-state index is 0. The van der Waals surface area contributed by atoms with Crippen molar-refractivity contribution in [1.29, 1.82) is 0 Å². The molecule has 0 unspecified atom stereocenters. The van der Waals surface area contributed by atoms with Crippen LogP contribution in [-0.4, -0.2) is 43.3 Å². The zero-order valence-electron chi connectivity index (χ0n) is 39.3. The maximum atomic E-state index is 8.25.